The molecule has 2 aromatic carbocycles. The van der Waals surface area contributed by atoms with E-state index in [0.717, 1.165) is 18.6 Å². The number of ether oxygens (including phenoxy) is 2. The second kappa shape index (κ2) is 11.4. The monoisotopic (exact) mass is 410 g/mol. The van der Waals surface area contributed by atoms with Gasteiger partial charge < -0.3 is 20.1 Å². The molecule has 2 amide bonds. The first-order valence-electron chi connectivity index (χ1n) is 9.64. The number of rotatable bonds is 9. The third-order valence-corrected chi connectivity index (χ3v) is 4.16. The van der Waals surface area contributed by atoms with E-state index in [1.54, 1.807) is 55.5 Å². The summed E-state index contributed by atoms with van der Waals surface area (Å²) in [6.07, 6.45) is 3.27. The van der Waals surface area contributed by atoms with E-state index in [9.17, 15) is 14.4 Å². The van der Waals surface area contributed by atoms with Crippen LogP contribution in [0.1, 0.15) is 37.0 Å². The Balaban J connectivity index is 1.90. The van der Waals surface area contributed by atoms with Gasteiger partial charge >= 0.3 is 5.97 Å². The summed E-state index contributed by atoms with van der Waals surface area (Å²) in [5.74, 6) is -0.550. The maximum atomic E-state index is 12.3. The van der Waals surface area contributed by atoms with Gasteiger partial charge in [-0.05, 0) is 61.9 Å². The van der Waals surface area contributed by atoms with Crippen molar-refractivity contribution in [2.45, 2.75) is 26.7 Å². The summed E-state index contributed by atoms with van der Waals surface area (Å²) >= 11 is 0. The molecule has 0 fully saturated rings. The van der Waals surface area contributed by atoms with Crippen LogP contribution in [0.5, 0.6) is 5.75 Å². The highest BCUT2D eigenvalue weighted by Crippen LogP contribution is 2.16. The molecule has 2 N–H and O–H groups in total. The van der Waals surface area contributed by atoms with Crippen LogP contribution in [0.4, 0.5) is 11.4 Å². The van der Waals surface area contributed by atoms with Crippen molar-refractivity contribution in [3.05, 3.63) is 65.7 Å². The van der Waals surface area contributed by atoms with E-state index in [1.807, 2.05) is 0 Å². The summed E-state index contributed by atoms with van der Waals surface area (Å²) in [7, 11) is 1.30. The van der Waals surface area contributed by atoms with E-state index in [1.165, 1.54) is 13.2 Å². The summed E-state index contributed by atoms with van der Waals surface area (Å²) in [4.78, 5) is 35.9. The Kier molecular flexibility index (Phi) is 8.62. The van der Waals surface area contributed by atoms with Gasteiger partial charge in [0.1, 0.15) is 5.75 Å². The zero-order valence-electron chi connectivity index (χ0n) is 17.4. The minimum absolute atomic E-state index is 0.240. The molecule has 0 atom stereocenters. The Hall–Kier alpha value is -3.61. The summed E-state index contributed by atoms with van der Waals surface area (Å²) in [5, 5.41) is 5.38. The Morgan fingerprint density at radius 1 is 0.933 bits per heavy atom. The van der Waals surface area contributed by atoms with Crippen molar-refractivity contribution in [1.29, 1.82) is 0 Å². The number of nitrogens with one attached hydrogen (secondary N) is 2. The largest absolute Gasteiger partial charge is 0.494 e. The van der Waals surface area contributed by atoms with Crippen molar-refractivity contribution in [2.75, 3.05) is 24.4 Å². The van der Waals surface area contributed by atoms with E-state index in [-0.39, 0.29) is 5.57 Å². The first kappa shape index (κ1) is 22.7. The molecule has 0 saturated heterocycles. The second-order valence-corrected chi connectivity index (χ2v) is 6.57. The number of benzene rings is 2. The number of anilines is 2. The minimum Gasteiger partial charge on any atom is -0.494 e. The lowest BCUT2D eigenvalue weighted by Gasteiger charge is -2.08. The number of esters is 1. The molecule has 30 heavy (non-hydrogen) atoms. The average Bonchev–Trinajstić information content (AvgIpc) is 2.75. The fraction of sp³-hybridized carbons (Fsp3) is 0.261. The number of carbonyl (C=O) groups is 3. The third kappa shape index (κ3) is 7.09. The molecule has 158 valence electrons. The normalized spacial score (nSPS) is 10.8. The summed E-state index contributed by atoms with van der Waals surface area (Å²) in [5.41, 5.74) is 1.72. The van der Waals surface area contributed by atoms with Crippen LogP contribution in [0, 0.1) is 0 Å². The third-order valence-electron chi connectivity index (χ3n) is 4.16. The second-order valence-electron chi connectivity index (χ2n) is 6.57. The van der Waals surface area contributed by atoms with Gasteiger partial charge in [0, 0.05) is 23.0 Å². The van der Waals surface area contributed by atoms with Gasteiger partial charge in [0.2, 0.25) is 5.91 Å². The van der Waals surface area contributed by atoms with Crippen LogP contribution in [0.2, 0.25) is 0 Å². The number of hydrogen-bond acceptors (Lipinski definition) is 5. The predicted molar refractivity (Wildman–Crippen MR) is 116 cm³/mol. The van der Waals surface area contributed by atoms with Gasteiger partial charge in [-0.3, -0.25) is 9.59 Å². The van der Waals surface area contributed by atoms with Gasteiger partial charge in [0.05, 0.1) is 19.3 Å². The lowest BCUT2D eigenvalue weighted by atomic mass is 10.2. The van der Waals surface area contributed by atoms with Gasteiger partial charge in [0.15, 0.2) is 0 Å². The molecular formula is C23H26N2O5. The fourth-order valence-electron chi connectivity index (χ4n) is 2.45. The zero-order chi connectivity index (χ0) is 21.9. The van der Waals surface area contributed by atoms with Crippen molar-refractivity contribution in [2.24, 2.45) is 0 Å². The first-order valence-corrected chi connectivity index (χ1v) is 9.64. The van der Waals surface area contributed by atoms with E-state index in [0.29, 0.717) is 23.5 Å². The molecular weight excluding hydrogens is 384 g/mol. The van der Waals surface area contributed by atoms with Gasteiger partial charge in [0.25, 0.3) is 5.91 Å². The molecule has 7 nitrogen and oxygen atoms in total. The van der Waals surface area contributed by atoms with Gasteiger partial charge in [-0.25, -0.2) is 4.79 Å². The average molecular weight is 410 g/mol. The summed E-state index contributed by atoms with van der Waals surface area (Å²) in [6.45, 7) is 4.30. The minimum atomic E-state index is -0.457. The molecule has 0 saturated carbocycles. The van der Waals surface area contributed by atoms with Crippen LogP contribution >= 0.6 is 0 Å². The number of carbonyl (C=O) groups excluding carboxylic acids is 3. The maximum absolute atomic E-state index is 12.3. The molecule has 0 aliphatic heterocycles. The van der Waals surface area contributed by atoms with Crippen molar-refractivity contribution < 1.29 is 23.9 Å². The van der Waals surface area contributed by atoms with E-state index >= 15 is 0 Å². The lowest BCUT2D eigenvalue weighted by molar-refractivity contribution is -0.114. The molecule has 0 radical (unpaired) electrons. The highest BCUT2D eigenvalue weighted by molar-refractivity contribution is 6.10. The van der Waals surface area contributed by atoms with Crippen LogP contribution in [0.15, 0.2) is 60.2 Å². The number of hydrogen-bond donors (Lipinski definition) is 2. The van der Waals surface area contributed by atoms with Crippen LogP contribution in [-0.4, -0.2) is 31.5 Å². The number of methoxy groups -OCH3 is 1. The topological polar surface area (TPSA) is 93.7 Å². The van der Waals surface area contributed by atoms with Crippen molar-refractivity contribution >= 4 is 29.2 Å². The fourth-order valence-corrected chi connectivity index (χ4v) is 2.45. The van der Waals surface area contributed by atoms with Crippen molar-refractivity contribution in [3.63, 3.8) is 0 Å². The number of amides is 2. The molecule has 0 unspecified atom stereocenters. The maximum Gasteiger partial charge on any atom is 0.337 e. The highest BCUT2D eigenvalue weighted by Gasteiger charge is 2.09. The van der Waals surface area contributed by atoms with Crippen LogP contribution in [0.3, 0.4) is 0 Å². The molecule has 2 aromatic rings. The van der Waals surface area contributed by atoms with Crippen molar-refractivity contribution in [3.8, 4) is 5.75 Å². The Morgan fingerprint density at radius 2 is 1.53 bits per heavy atom. The molecule has 0 bridgehead atoms. The van der Waals surface area contributed by atoms with Gasteiger partial charge in [-0.2, -0.15) is 0 Å². The molecule has 0 aliphatic carbocycles. The Bertz CT molecular complexity index is 902. The number of unbranched alkanes of at least 4 members (excludes halogenated alkanes) is 1. The molecule has 0 spiro atoms. The molecule has 2 rings (SSSR count). The zero-order valence-corrected chi connectivity index (χ0v) is 17.4. The summed E-state index contributed by atoms with van der Waals surface area (Å²) < 4.78 is 10.2. The quantitative estimate of drug-likeness (QED) is 0.368. The van der Waals surface area contributed by atoms with Crippen molar-refractivity contribution in [1.82, 2.24) is 0 Å². The predicted octanol–water partition coefficient (Wildman–Crippen LogP) is 4.18. The Morgan fingerprint density at radius 3 is 2.13 bits per heavy atom. The van der Waals surface area contributed by atoms with Crippen LogP contribution in [-0.2, 0) is 14.3 Å². The first-order chi connectivity index (χ1) is 14.4. The smallest absolute Gasteiger partial charge is 0.337 e. The molecule has 0 heterocycles. The van der Waals surface area contributed by atoms with E-state index in [2.05, 4.69) is 22.3 Å². The van der Waals surface area contributed by atoms with Gasteiger partial charge in [-0.1, -0.05) is 13.3 Å². The van der Waals surface area contributed by atoms with Crippen LogP contribution in [0.25, 0.3) is 0 Å². The lowest BCUT2D eigenvalue weighted by Crippen LogP contribution is -2.16. The van der Waals surface area contributed by atoms with Crippen LogP contribution < -0.4 is 15.4 Å². The highest BCUT2D eigenvalue weighted by atomic mass is 16.5. The SMILES string of the molecule is CCCCOc1ccc(NC(=O)/C=C(\C)C(=O)Nc2ccc(C(=O)OC)cc2)cc1. The molecule has 7 heteroatoms. The standard InChI is InChI=1S/C23H26N2O5/c1-4-5-14-30-20-12-10-18(11-13-20)24-21(26)15-16(2)22(27)25-19-8-6-17(7-9-19)23(28)29-3/h6-13,15H,4-5,14H2,1-3H3,(H,24,26)(H,25,27)/b16-15+. The van der Waals surface area contributed by atoms with Gasteiger partial charge in [-0.15, -0.1) is 0 Å². The molecule has 0 aromatic heterocycles. The Labute approximate surface area is 176 Å². The van der Waals surface area contributed by atoms with E-state index in [4.69, 9.17) is 4.74 Å². The summed E-state index contributed by atoms with van der Waals surface area (Å²) in [6, 6.07) is 13.3. The van der Waals surface area contributed by atoms with E-state index < -0.39 is 17.8 Å². The molecule has 0 aliphatic rings.